The molecule has 9 heteroatoms. The third kappa shape index (κ3) is 5.53. The molecule has 0 saturated carbocycles. The Morgan fingerprint density at radius 2 is 1.91 bits per heavy atom. The van der Waals surface area contributed by atoms with E-state index in [2.05, 4.69) is 15.4 Å². The zero-order valence-corrected chi connectivity index (χ0v) is 14.1. The molecule has 1 atom stereocenters. The molecule has 1 aromatic rings. The molecule has 0 saturated heterocycles. The molecule has 0 aliphatic carbocycles. The van der Waals surface area contributed by atoms with Crippen molar-refractivity contribution in [3.05, 3.63) is 29.8 Å². The summed E-state index contributed by atoms with van der Waals surface area (Å²) >= 11 is 0. The third-order valence-corrected chi connectivity index (χ3v) is 4.60. The molecular formula is C14H22N4O4S. The molecule has 0 aliphatic rings. The van der Waals surface area contributed by atoms with Gasteiger partial charge in [0.05, 0.1) is 4.90 Å². The fraction of sp³-hybridized carbons (Fsp3) is 0.429. The van der Waals surface area contributed by atoms with Crippen LogP contribution in [0.25, 0.3) is 0 Å². The summed E-state index contributed by atoms with van der Waals surface area (Å²) in [6.45, 7) is 3.69. The normalized spacial score (nSPS) is 12.7. The van der Waals surface area contributed by atoms with Crippen molar-refractivity contribution in [2.45, 2.75) is 31.3 Å². The highest BCUT2D eigenvalue weighted by Gasteiger charge is 2.23. The minimum absolute atomic E-state index is 0.113. The fourth-order valence-corrected chi connectivity index (χ4v) is 2.73. The highest BCUT2D eigenvalue weighted by atomic mass is 32.2. The smallest absolute Gasteiger partial charge is 0.312 e. The molecule has 1 rings (SSSR count). The quantitative estimate of drug-likeness (QED) is 0.551. The molecule has 8 nitrogen and oxygen atoms in total. The molecule has 0 heterocycles. The summed E-state index contributed by atoms with van der Waals surface area (Å²) in [7, 11) is -2.22. The maximum absolute atomic E-state index is 12.1. The summed E-state index contributed by atoms with van der Waals surface area (Å²) in [5.74, 6) is -0.529. The number of urea groups is 1. The van der Waals surface area contributed by atoms with Crippen LogP contribution in [0, 0.1) is 5.92 Å². The van der Waals surface area contributed by atoms with Crippen molar-refractivity contribution >= 4 is 22.0 Å². The first kappa shape index (κ1) is 18.9. The van der Waals surface area contributed by atoms with Gasteiger partial charge in [-0.05, 0) is 30.7 Å². The molecule has 0 aromatic heterocycles. The van der Waals surface area contributed by atoms with E-state index in [4.69, 9.17) is 5.73 Å². The molecular weight excluding hydrogens is 320 g/mol. The summed E-state index contributed by atoms with van der Waals surface area (Å²) in [4.78, 5) is 23.2. The number of primary amides is 1. The molecule has 3 amide bonds. The molecule has 0 unspecified atom stereocenters. The first-order valence-electron chi connectivity index (χ1n) is 7.03. The minimum atomic E-state index is -3.54. The van der Waals surface area contributed by atoms with E-state index in [1.807, 2.05) is 0 Å². The Morgan fingerprint density at radius 3 is 2.43 bits per heavy atom. The van der Waals surface area contributed by atoms with Crippen LogP contribution in [0.2, 0.25) is 0 Å². The van der Waals surface area contributed by atoms with Gasteiger partial charge in [-0.3, -0.25) is 4.79 Å². The van der Waals surface area contributed by atoms with Gasteiger partial charge in [0.15, 0.2) is 0 Å². The summed E-state index contributed by atoms with van der Waals surface area (Å²) in [6, 6.07) is 4.69. The van der Waals surface area contributed by atoms with Gasteiger partial charge in [-0.1, -0.05) is 26.0 Å². The largest absolute Gasteiger partial charge is 0.352 e. The van der Waals surface area contributed by atoms with Gasteiger partial charge in [0.2, 0.25) is 15.9 Å². The van der Waals surface area contributed by atoms with Crippen molar-refractivity contribution in [2.24, 2.45) is 11.7 Å². The van der Waals surface area contributed by atoms with Gasteiger partial charge >= 0.3 is 6.03 Å². The highest BCUT2D eigenvalue weighted by Crippen LogP contribution is 2.11. The van der Waals surface area contributed by atoms with Crippen molar-refractivity contribution in [3.63, 3.8) is 0 Å². The van der Waals surface area contributed by atoms with Crippen LogP contribution in [0.15, 0.2) is 29.2 Å². The molecule has 0 fully saturated rings. The van der Waals surface area contributed by atoms with Crippen LogP contribution in [0.4, 0.5) is 4.79 Å². The summed E-state index contributed by atoms with van der Waals surface area (Å²) < 4.78 is 25.7. The average molecular weight is 342 g/mol. The fourth-order valence-electron chi connectivity index (χ4n) is 1.93. The molecule has 0 spiro atoms. The standard InChI is InChI=1S/C14H22N4O4S/c1-9(2)12(18-14(15)20)13(19)17-8-10-5-4-6-11(7-10)23(21,22)16-3/h4-7,9,12,16H,8H2,1-3H3,(H,17,19)(H3,15,18,20)/t12-/m0/s1. The lowest BCUT2D eigenvalue weighted by Crippen LogP contribution is -2.51. The second-order valence-corrected chi connectivity index (χ2v) is 7.19. The number of amides is 3. The predicted octanol–water partition coefficient (Wildman–Crippen LogP) is -0.0962. The van der Waals surface area contributed by atoms with E-state index in [0.717, 1.165) is 0 Å². The van der Waals surface area contributed by atoms with Crippen LogP contribution in [-0.2, 0) is 21.4 Å². The van der Waals surface area contributed by atoms with Crippen LogP contribution < -0.4 is 21.1 Å². The third-order valence-electron chi connectivity index (χ3n) is 3.19. The summed E-state index contributed by atoms with van der Waals surface area (Å²) in [5.41, 5.74) is 5.68. The van der Waals surface area contributed by atoms with Gasteiger partial charge in [-0.25, -0.2) is 17.9 Å². The number of carbonyl (C=O) groups excluding carboxylic acids is 2. The highest BCUT2D eigenvalue weighted by molar-refractivity contribution is 7.89. The number of hydrogen-bond acceptors (Lipinski definition) is 4. The number of rotatable bonds is 7. The van der Waals surface area contributed by atoms with Gasteiger partial charge in [0.1, 0.15) is 6.04 Å². The molecule has 1 aromatic carbocycles. The van der Waals surface area contributed by atoms with Gasteiger partial charge in [0, 0.05) is 6.54 Å². The molecule has 0 aliphatic heterocycles. The maximum Gasteiger partial charge on any atom is 0.312 e. The van der Waals surface area contributed by atoms with Crippen molar-refractivity contribution in [2.75, 3.05) is 7.05 Å². The average Bonchev–Trinajstić information content (AvgIpc) is 2.50. The van der Waals surface area contributed by atoms with E-state index in [1.54, 1.807) is 26.0 Å². The van der Waals surface area contributed by atoms with Gasteiger partial charge in [-0.15, -0.1) is 0 Å². The Hall–Kier alpha value is -2.13. The molecule has 23 heavy (non-hydrogen) atoms. The lowest BCUT2D eigenvalue weighted by atomic mass is 10.0. The van der Waals surface area contributed by atoms with Gasteiger partial charge < -0.3 is 16.4 Å². The van der Waals surface area contributed by atoms with E-state index in [0.29, 0.717) is 5.56 Å². The van der Waals surface area contributed by atoms with E-state index < -0.39 is 22.1 Å². The lowest BCUT2D eigenvalue weighted by molar-refractivity contribution is -0.124. The number of nitrogens with two attached hydrogens (primary N) is 1. The maximum atomic E-state index is 12.1. The van der Waals surface area contributed by atoms with E-state index in [1.165, 1.54) is 19.2 Å². The summed E-state index contributed by atoms with van der Waals surface area (Å²) in [5, 5.41) is 5.04. The topological polar surface area (TPSA) is 130 Å². The molecule has 5 N–H and O–H groups in total. The number of carbonyl (C=O) groups is 2. The SMILES string of the molecule is CNS(=O)(=O)c1cccc(CNC(=O)[C@@H](NC(N)=O)C(C)C)c1. The minimum Gasteiger partial charge on any atom is -0.352 e. The Balaban J connectivity index is 2.80. The van der Waals surface area contributed by atoms with Gasteiger partial charge in [0.25, 0.3) is 0 Å². The first-order valence-corrected chi connectivity index (χ1v) is 8.52. The summed E-state index contributed by atoms with van der Waals surface area (Å²) in [6.07, 6.45) is 0. The van der Waals surface area contributed by atoms with Crippen LogP contribution in [0.5, 0.6) is 0 Å². The van der Waals surface area contributed by atoms with Crippen molar-refractivity contribution in [1.82, 2.24) is 15.4 Å². The van der Waals surface area contributed by atoms with Gasteiger partial charge in [-0.2, -0.15) is 0 Å². The number of nitrogens with one attached hydrogen (secondary N) is 3. The Morgan fingerprint density at radius 1 is 1.26 bits per heavy atom. The number of benzene rings is 1. The monoisotopic (exact) mass is 342 g/mol. The van der Waals surface area contributed by atoms with Crippen molar-refractivity contribution < 1.29 is 18.0 Å². The number of hydrogen-bond donors (Lipinski definition) is 4. The molecule has 128 valence electrons. The van der Waals surface area contributed by atoms with Crippen molar-refractivity contribution in [1.29, 1.82) is 0 Å². The predicted molar refractivity (Wildman–Crippen MR) is 85.9 cm³/mol. The van der Waals surface area contributed by atoms with E-state index >= 15 is 0 Å². The van der Waals surface area contributed by atoms with Crippen LogP contribution in [-0.4, -0.2) is 33.4 Å². The molecule has 0 bridgehead atoms. The Kier molecular flexibility index (Phi) is 6.52. The zero-order valence-electron chi connectivity index (χ0n) is 13.3. The van der Waals surface area contributed by atoms with E-state index in [-0.39, 0.29) is 23.3 Å². The number of sulfonamides is 1. The second-order valence-electron chi connectivity index (χ2n) is 5.30. The van der Waals surface area contributed by atoms with Crippen LogP contribution >= 0.6 is 0 Å². The van der Waals surface area contributed by atoms with E-state index in [9.17, 15) is 18.0 Å². The molecule has 0 radical (unpaired) electrons. The van der Waals surface area contributed by atoms with Crippen molar-refractivity contribution in [3.8, 4) is 0 Å². The lowest BCUT2D eigenvalue weighted by Gasteiger charge is -2.20. The van der Waals surface area contributed by atoms with Crippen LogP contribution in [0.1, 0.15) is 19.4 Å². The Labute approximate surface area is 135 Å². The zero-order chi connectivity index (χ0) is 17.6. The Bertz CT molecular complexity index is 673. The first-order chi connectivity index (χ1) is 10.7. The van der Waals surface area contributed by atoms with Crippen LogP contribution in [0.3, 0.4) is 0 Å². The second kappa shape index (κ2) is 7.93.